The van der Waals surface area contributed by atoms with Crippen LogP contribution < -0.4 is 4.74 Å². The van der Waals surface area contributed by atoms with Gasteiger partial charge in [0, 0.05) is 51.4 Å². The molecule has 0 aliphatic carbocycles. The molecule has 6 nitrogen and oxygen atoms in total. The molecule has 1 unspecified atom stereocenters. The van der Waals surface area contributed by atoms with Crippen LogP contribution in [-0.4, -0.2) is 78.1 Å². The number of carbonyl (C=O) groups excluding carboxylic acids is 1. The standard InChI is InChI=1S/C15H22N4O2/c1-17-8-10-18(11-9-17)15(20)19-7-5-13(12-19)21-14-4-2-3-6-16-14/h2-4,6,13H,5,7-12H2,1H3. The lowest BCUT2D eigenvalue weighted by atomic mass is 10.3. The summed E-state index contributed by atoms with van der Waals surface area (Å²) in [6, 6.07) is 5.77. The zero-order chi connectivity index (χ0) is 14.7. The third kappa shape index (κ3) is 3.44. The highest BCUT2D eigenvalue weighted by atomic mass is 16.5. The van der Waals surface area contributed by atoms with Crippen LogP contribution in [-0.2, 0) is 0 Å². The summed E-state index contributed by atoms with van der Waals surface area (Å²) in [5, 5.41) is 0. The average Bonchev–Trinajstić information content (AvgIpc) is 2.97. The minimum Gasteiger partial charge on any atom is -0.472 e. The van der Waals surface area contributed by atoms with Crippen LogP contribution in [0.5, 0.6) is 5.88 Å². The van der Waals surface area contributed by atoms with E-state index in [-0.39, 0.29) is 12.1 Å². The van der Waals surface area contributed by atoms with Gasteiger partial charge in [-0.15, -0.1) is 0 Å². The van der Waals surface area contributed by atoms with Crippen LogP contribution in [0.15, 0.2) is 24.4 Å². The Morgan fingerprint density at radius 2 is 2.00 bits per heavy atom. The van der Waals surface area contributed by atoms with Gasteiger partial charge in [-0.2, -0.15) is 0 Å². The van der Waals surface area contributed by atoms with Gasteiger partial charge >= 0.3 is 6.03 Å². The minimum atomic E-state index is 0.0521. The van der Waals surface area contributed by atoms with Crippen molar-refractivity contribution in [1.29, 1.82) is 0 Å². The SMILES string of the molecule is CN1CCN(C(=O)N2CCC(Oc3ccccn3)C2)CC1. The van der Waals surface area contributed by atoms with Gasteiger partial charge in [-0.1, -0.05) is 6.07 Å². The molecule has 3 heterocycles. The molecule has 1 aromatic rings. The van der Waals surface area contributed by atoms with E-state index in [0.717, 1.165) is 39.1 Å². The first-order valence-corrected chi connectivity index (χ1v) is 7.52. The minimum absolute atomic E-state index is 0.0521. The van der Waals surface area contributed by atoms with Gasteiger partial charge in [0.05, 0.1) is 6.54 Å². The molecule has 2 saturated heterocycles. The predicted molar refractivity (Wildman–Crippen MR) is 79.3 cm³/mol. The largest absolute Gasteiger partial charge is 0.472 e. The summed E-state index contributed by atoms with van der Waals surface area (Å²) in [5.41, 5.74) is 0. The van der Waals surface area contributed by atoms with E-state index >= 15 is 0 Å². The Morgan fingerprint density at radius 3 is 2.71 bits per heavy atom. The number of rotatable bonds is 2. The van der Waals surface area contributed by atoms with Crippen molar-refractivity contribution in [2.24, 2.45) is 0 Å². The van der Waals surface area contributed by atoms with Crippen LogP contribution in [0, 0.1) is 0 Å². The first-order chi connectivity index (χ1) is 10.2. The molecule has 2 aliphatic heterocycles. The van der Waals surface area contributed by atoms with Crippen LogP contribution >= 0.6 is 0 Å². The Kier molecular flexibility index (Phi) is 4.24. The number of pyridine rings is 1. The summed E-state index contributed by atoms with van der Waals surface area (Å²) in [5.74, 6) is 0.636. The fourth-order valence-electron chi connectivity index (χ4n) is 2.78. The molecule has 2 fully saturated rings. The molecule has 0 aromatic carbocycles. The summed E-state index contributed by atoms with van der Waals surface area (Å²) in [7, 11) is 2.09. The molecule has 0 spiro atoms. The van der Waals surface area contributed by atoms with Crippen LogP contribution in [0.2, 0.25) is 0 Å². The Balaban J connectivity index is 1.51. The molecule has 114 valence electrons. The van der Waals surface area contributed by atoms with Crippen molar-refractivity contribution in [2.75, 3.05) is 46.3 Å². The molecular weight excluding hydrogens is 268 g/mol. The monoisotopic (exact) mass is 290 g/mol. The number of nitrogens with zero attached hydrogens (tertiary/aromatic N) is 4. The number of urea groups is 1. The highest BCUT2D eigenvalue weighted by molar-refractivity contribution is 5.75. The van der Waals surface area contributed by atoms with Crippen LogP contribution in [0.1, 0.15) is 6.42 Å². The summed E-state index contributed by atoms with van der Waals surface area (Å²) in [6.07, 6.45) is 2.64. The number of likely N-dealkylation sites (N-methyl/N-ethyl adjacent to an activating group) is 1. The number of likely N-dealkylation sites (tertiary alicyclic amines) is 1. The summed E-state index contributed by atoms with van der Waals surface area (Å²) in [4.78, 5) is 22.7. The maximum atomic E-state index is 12.5. The highest BCUT2D eigenvalue weighted by Gasteiger charge is 2.31. The van der Waals surface area contributed by atoms with Gasteiger partial charge in [-0.3, -0.25) is 0 Å². The van der Waals surface area contributed by atoms with E-state index in [1.165, 1.54) is 0 Å². The molecule has 6 heteroatoms. The average molecular weight is 290 g/mol. The molecule has 1 atom stereocenters. The lowest BCUT2D eigenvalue weighted by molar-refractivity contribution is 0.123. The van der Waals surface area contributed by atoms with Crippen molar-refractivity contribution >= 4 is 6.03 Å². The Labute approximate surface area is 125 Å². The predicted octanol–water partition coefficient (Wildman–Crippen LogP) is 0.902. The van der Waals surface area contributed by atoms with E-state index in [2.05, 4.69) is 16.9 Å². The van der Waals surface area contributed by atoms with Gasteiger partial charge in [-0.05, 0) is 13.1 Å². The zero-order valence-corrected chi connectivity index (χ0v) is 12.4. The summed E-state index contributed by atoms with van der Waals surface area (Å²) < 4.78 is 5.83. The van der Waals surface area contributed by atoms with E-state index in [1.807, 2.05) is 28.0 Å². The molecule has 2 amide bonds. The Bertz CT molecular complexity index is 474. The van der Waals surface area contributed by atoms with E-state index in [1.54, 1.807) is 6.20 Å². The number of hydrogen-bond donors (Lipinski definition) is 0. The van der Waals surface area contributed by atoms with Gasteiger partial charge in [0.2, 0.25) is 5.88 Å². The molecule has 2 aliphatic rings. The second-order valence-corrected chi connectivity index (χ2v) is 5.72. The third-order valence-electron chi connectivity index (χ3n) is 4.11. The molecule has 1 aromatic heterocycles. The quantitative estimate of drug-likeness (QED) is 0.812. The fourth-order valence-corrected chi connectivity index (χ4v) is 2.78. The molecule has 3 rings (SSSR count). The normalized spacial score (nSPS) is 23.4. The van der Waals surface area contributed by atoms with Gasteiger partial charge in [-0.25, -0.2) is 9.78 Å². The Morgan fingerprint density at radius 1 is 1.19 bits per heavy atom. The van der Waals surface area contributed by atoms with Crippen molar-refractivity contribution in [1.82, 2.24) is 19.7 Å². The van der Waals surface area contributed by atoms with Crippen molar-refractivity contribution in [2.45, 2.75) is 12.5 Å². The van der Waals surface area contributed by atoms with Crippen molar-refractivity contribution < 1.29 is 9.53 Å². The van der Waals surface area contributed by atoms with Crippen LogP contribution in [0.25, 0.3) is 0 Å². The number of ether oxygens (including phenoxy) is 1. The summed E-state index contributed by atoms with van der Waals surface area (Å²) in [6.45, 7) is 4.96. The van der Waals surface area contributed by atoms with Gasteiger partial charge < -0.3 is 19.4 Å². The Hall–Kier alpha value is -1.82. The lowest BCUT2D eigenvalue weighted by Crippen LogP contribution is -2.51. The molecule has 0 saturated carbocycles. The highest BCUT2D eigenvalue weighted by Crippen LogP contribution is 2.18. The van der Waals surface area contributed by atoms with E-state index < -0.39 is 0 Å². The van der Waals surface area contributed by atoms with E-state index in [0.29, 0.717) is 12.4 Å². The molecule has 0 radical (unpaired) electrons. The number of carbonyl (C=O) groups is 1. The molecule has 21 heavy (non-hydrogen) atoms. The maximum Gasteiger partial charge on any atom is 0.320 e. The van der Waals surface area contributed by atoms with Gasteiger partial charge in [0.1, 0.15) is 6.10 Å². The van der Waals surface area contributed by atoms with E-state index in [4.69, 9.17) is 4.74 Å². The lowest BCUT2D eigenvalue weighted by Gasteiger charge is -2.34. The van der Waals surface area contributed by atoms with Gasteiger partial charge in [0.15, 0.2) is 0 Å². The second-order valence-electron chi connectivity index (χ2n) is 5.72. The maximum absolute atomic E-state index is 12.5. The number of aromatic nitrogens is 1. The number of amides is 2. The van der Waals surface area contributed by atoms with Crippen LogP contribution in [0.3, 0.4) is 0 Å². The first-order valence-electron chi connectivity index (χ1n) is 7.52. The van der Waals surface area contributed by atoms with Crippen molar-refractivity contribution in [3.63, 3.8) is 0 Å². The molecular formula is C15H22N4O2. The van der Waals surface area contributed by atoms with Crippen molar-refractivity contribution in [3.8, 4) is 5.88 Å². The first kappa shape index (κ1) is 14.1. The number of hydrogen-bond acceptors (Lipinski definition) is 4. The number of piperazine rings is 1. The molecule has 0 bridgehead atoms. The van der Waals surface area contributed by atoms with Crippen LogP contribution in [0.4, 0.5) is 4.79 Å². The van der Waals surface area contributed by atoms with E-state index in [9.17, 15) is 4.79 Å². The summed E-state index contributed by atoms with van der Waals surface area (Å²) >= 11 is 0. The smallest absolute Gasteiger partial charge is 0.320 e. The zero-order valence-electron chi connectivity index (χ0n) is 12.4. The third-order valence-corrected chi connectivity index (χ3v) is 4.11. The fraction of sp³-hybridized carbons (Fsp3) is 0.600. The molecule has 0 N–H and O–H groups in total. The van der Waals surface area contributed by atoms with Crippen molar-refractivity contribution in [3.05, 3.63) is 24.4 Å². The van der Waals surface area contributed by atoms with Gasteiger partial charge in [0.25, 0.3) is 0 Å². The topological polar surface area (TPSA) is 48.9 Å². The second kappa shape index (κ2) is 6.30.